The van der Waals surface area contributed by atoms with E-state index in [1.165, 1.54) is 5.69 Å². The molecule has 0 aliphatic heterocycles. The summed E-state index contributed by atoms with van der Waals surface area (Å²) in [5.41, 5.74) is 1.17. The maximum atomic E-state index is 5.72. The van der Waals surface area contributed by atoms with Gasteiger partial charge in [0, 0.05) is 32.1 Å². The molecule has 0 bridgehead atoms. The number of aryl methyl sites for hydroxylation is 2. The first-order valence-electron chi connectivity index (χ1n) is 6.82. The zero-order valence-electron chi connectivity index (χ0n) is 12.4. The van der Waals surface area contributed by atoms with Crippen molar-refractivity contribution in [2.45, 2.75) is 51.7 Å². The van der Waals surface area contributed by atoms with Crippen molar-refractivity contribution >= 4 is 0 Å². The van der Waals surface area contributed by atoms with Crippen molar-refractivity contribution in [2.75, 3.05) is 13.7 Å². The third-order valence-corrected chi connectivity index (χ3v) is 3.97. The summed E-state index contributed by atoms with van der Waals surface area (Å²) in [4.78, 5) is 0. The van der Waals surface area contributed by atoms with E-state index in [0.29, 0.717) is 6.04 Å². The van der Waals surface area contributed by atoms with Crippen molar-refractivity contribution in [3.63, 3.8) is 0 Å². The van der Waals surface area contributed by atoms with E-state index in [9.17, 15) is 0 Å². The van der Waals surface area contributed by atoms with Crippen molar-refractivity contribution in [2.24, 2.45) is 7.05 Å². The van der Waals surface area contributed by atoms with Crippen LogP contribution in [-0.4, -0.2) is 35.1 Å². The summed E-state index contributed by atoms with van der Waals surface area (Å²) in [5.74, 6) is 0. The van der Waals surface area contributed by atoms with E-state index in [-0.39, 0.29) is 5.60 Å². The standard InChI is InChI=1S/C14H27N3O/c1-6-14(3,18-5)13(15-7-2)9-8-12-10-11-16-17(12)4/h10-11,13,15H,6-9H2,1-5H3. The van der Waals surface area contributed by atoms with Crippen LogP contribution < -0.4 is 5.32 Å². The minimum absolute atomic E-state index is 0.103. The molecule has 1 rings (SSSR count). The van der Waals surface area contributed by atoms with Crippen molar-refractivity contribution in [1.29, 1.82) is 0 Å². The summed E-state index contributed by atoms with van der Waals surface area (Å²) in [6, 6.07) is 2.45. The molecule has 4 nitrogen and oxygen atoms in total. The first-order chi connectivity index (χ1) is 8.57. The number of likely N-dealkylation sites (N-methyl/N-ethyl adjacent to an activating group) is 1. The molecule has 18 heavy (non-hydrogen) atoms. The Balaban J connectivity index is 2.66. The van der Waals surface area contributed by atoms with Gasteiger partial charge < -0.3 is 10.1 Å². The quantitative estimate of drug-likeness (QED) is 0.771. The zero-order chi connectivity index (χ0) is 13.6. The average Bonchev–Trinajstić information content (AvgIpc) is 2.79. The van der Waals surface area contributed by atoms with Gasteiger partial charge in [-0.05, 0) is 38.8 Å². The molecule has 1 N–H and O–H groups in total. The summed E-state index contributed by atoms with van der Waals surface area (Å²) in [6.45, 7) is 7.47. The molecular weight excluding hydrogens is 226 g/mol. The Kier molecular flexibility index (Phi) is 5.82. The Labute approximate surface area is 111 Å². The van der Waals surface area contributed by atoms with Crippen LogP contribution >= 0.6 is 0 Å². The number of hydrogen-bond donors (Lipinski definition) is 1. The van der Waals surface area contributed by atoms with Crippen LogP contribution in [0.5, 0.6) is 0 Å². The highest BCUT2D eigenvalue weighted by Crippen LogP contribution is 2.22. The van der Waals surface area contributed by atoms with Crippen LogP contribution in [0.4, 0.5) is 0 Å². The summed E-state index contributed by atoms with van der Waals surface area (Å²) in [5, 5.41) is 7.76. The molecule has 0 aliphatic carbocycles. The van der Waals surface area contributed by atoms with Crippen molar-refractivity contribution in [3.8, 4) is 0 Å². The topological polar surface area (TPSA) is 39.1 Å². The molecule has 0 saturated heterocycles. The van der Waals surface area contributed by atoms with E-state index in [0.717, 1.165) is 25.8 Å². The van der Waals surface area contributed by atoms with Gasteiger partial charge in [-0.15, -0.1) is 0 Å². The lowest BCUT2D eigenvalue weighted by molar-refractivity contribution is -0.0306. The first kappa shape index (κ1) is 15.2. The largest absolute Gasteiger partial charge is 0.377 e. The predicted molar refractivity (Wildman–Crippen MR) is 74.7 cm³/mol. The Morgan fingerprint density at radius 1 is 1.50 bits per heavy atom. The normalized spacial score (nSPS) is 16.5. The van der Waals surface area contributed by atoms with Gasteiger partial charge in [0.2, 0.25) is 0 Å². The molecule has 1 heterocycles. The molecule has 4 heteroatoms. The van der Waals surface area contributed by atoms with Crippen LogP contribution in [-0.2, 0) is 18.2 Å². The van der Waals surface area contributed by atoms with E-state index in [4.69, 9.17) is 4.74 Å². The molecule has 0 aliphatic rings. The molecule has 0 amide bonds. The molecule has 1 aromatic rings. The lowest BCUT2D eigenvalue weighted by Crippen LogP contribution is -2.50. The van der Waals surface area contributed by atoms with E-state index in [1.54, 1.807) is 7.11 Å². The molecule has 0 saturated carbocycles. The maximum Gasteiger partial charge on any atom is 0.0800 e. The second-order valence-corrected chi connectivity index (χ2v) is 4.97. The van der Waals surface area contributed by atoms with Gasteiger partial charge in [0.15, 0.2) is 0 Å². The van der Waals surface area contributed by atoms with Gasteiger partial charge in [-0.1, -0.05) is 13.8 Å². The van der Waals surface area contributed by atoms with Crippen molar-refractivity contribution < 1.29 is 4.74 Å². The van der Waals surface area contributed by atoms with Crippen LogP contribution in [0.2, 0.25) is 0 Å². The van der Waals surface area contributed by atoms with Gasteiger partial charge in [0.1, 0.15) is 0 Å². The van der Waals surface area contributed by atoms with Crippen molar-refractivity contribution in [1.82, 2.24) is 15.1 Å². The van der Waals surface area contributed by atoms with Crippen LogP contribution in [0.15, 0.2) is 12.3 Å². The molecular formula is C14H27N3O. The van der Waals surface area contributed by atoms with Gasteiger partial charge in [-0.3, -0.25) is 4.68 Å². The maximum absolute atomic E-state index is 5.72. The fraction of sp³-hybridized carbons (Fsp3) is 0.786. The Bertz CT molecular complexity index is 345. The number of rotatable bonds is 8. The number of nitrogens with zero attached hydrogens (tertiary/aromatic N) is 2. The smallest absolute Gasteiger partial charge is 0.0800 e. The van der Waals surface area contributed by atoms with Gasteiger partial charge in [0.05, 0.1) is 5.60 Å². The lowest BCUT2D eigenvalue weighted by Gasteiger charge is -2.36. The third kappa shape index (κ3) is 3.56. The summed E-state index contributed by atoms with van der Waals surface area (Å²) >= 11 is 0. The number of ether oxygens (including phenoxy) is 1. The van der Waals surface area contributed by atoms with Crippen LogP contribution in [0.1, 0.15) is 39.3 Å². The molecule has 2 atom stereocenters. The van der Waals surface area contributed by atoms with E-state index in [2.05, 4.69) is 37.3 Å². The summed E-state index contributed by atoms with van der Waals surface area (Å²) in [6.07, 6.45) is 4.94. The lowest BCUT2D eigenvalue weighted by atomic mass is 9.89. The Morgan fingerprint density at radius 2 is 2.22 bits per heavy atom. The molecule has 2 unspecified atom stereocenters. The van der Waals surface area contributed by atoms with Gasteiger partial charge in [-0.2, -0.15) is 5.10 Å². The fourth-order valence-electron chi connectivity index (χ4n) is 2.34. The second kappa shape index (κ2) is 6.90. The minimum atomic E-state index is -0.103. The number of hydrogen-bond acceptors (Lipinski definition) is 3. The van der Waals surface area contributed by atoms with Crippen LogP contribution in [0.25, 0.3) is 0 Å². The SMILES string of the molecule is CCNC(CCc1ccnn1C)C(C)(CC)OC. The first-order valence-corrected chi connectivity index (χ1v) is 6.82. The average molecular weight is 253 g/mol. The molecule has 104 valence electrons. The minimum Gasteiger partial charge on any atom is -0.377 e. The Morgan fingerprint density at radius 3 is 2.67 bits per heavy atom. The zero-order valence-corrected chi connectivity index (χ0v) is 12.4. The van der Waals surface area contributed by atoms with Crippen LogP contribution in [0.3, 0.4) is 0 Å². The third-order valence-electron chi connectivity index (χ3n) is 3.97. The fourth-order valence-corrected chi connectivity index (χ4v) is 2.34. The van der Waals surface area contributed by atoms with Crippen molar-refractivity contribution in [3.05, 3.63) is 18.0 Å². The van der Waals surface area contributed by atoms with E-state index >= 15 is 0 Å². The Hall–Kier alpha value is -0.870. The van der Waals surface area contributed by atoms with E-state index < -0.39 is 0 Å². The van der Waals surface area contributed by atoms with E-state index in [1.807, 2.05) is 17.9 Å². The van der Waals surface area contributed by atoms with Gasteiger partial charge in [0.25, 0.3) is 0 Å². The van der Waals surface area contributed by atoms with Crippen LogP contribution in [0, 0.1) is 0 Å². The van der Waals surface area contributed by atoms with Gasteiger partial charge in [-0.25, -0.2) is 0 Å². The monoisotopic (exact) mass is 253 g/mol. The van der Waals surface area contributed by atoms with Gasteiger partial charge >= 0.3 is 0 Å². The summed E-state index contributed by atoms with van der Waals surface area (Å²) < 4.78 is 7.66. The molecule has 1 aromatic heterocycles. The molecule has 0 aromatic carbocycles. The number of nitrogens with one attached hydrogen (secondary N) is 1. The second-order valence-electron chi connectivity index (χ2n) is 4.97. The predicted octanol–water partition coefficient (Wildman–Crippen LogP) is 2.15. The summed E-state index contributed by atoms with van der Waals surface area (Å²) in [7, 11) is 3.80. The highest BCUT2D eigenvalue weighted by molar-refractivity contribution is 5.02. The highest BCUT2D eigenvalue weighted by Gasteiger charge is 2.31. The highest BCUT2D eigenvalue weighted by atomic mass is 16.5. The number of methoxy groups -OCH3 is 1. The molecule has 0 radical (unpaired) electrons. The molecule has 0 spiro atoms. The number of aromatic nitrogens is 2. The molecule has 0 fully saturated rings.